The van der Waals surface area contributed by atoms with E-state index in [9.17, 15) is 13.2 Å². The average molecular weight is 388 g/mol. The smallest absolute Gasteiger partial charge is 0.410 e. The fourth-order valence-electron chi connectivity index (χ4n) is 3.05. The highest BCUT2D eigenvalue weighted by molar-refractivity contribution is 7.89. The number of fused-ring (bicyclic) bond motifs is 1. The van der Waals surface area contributed by atoms with Crippen molar-refractivity contribution in [2.75, 3.05) is 6.54 Å². The second kappa shape index (κ2) is 8.10. The van der Waals surface area contributed by atoms with Gasteiger partial charge < -0.3 is 9.64 Å². The molecule has 1 amide bonds. The molecule has 0 fully saturated rings. The van der Waals surface area contributed by atoms with Crippen molar-refractivity contribution >= 4 is 16.1 Å². The van der Waals surface area contributed by atoms with Crippen LogP contribution in [0.5, 0.6) is 0 Å². The molecule has 0 atom stereocenters. The minimum atomic E-state index is -3.56. The predicted octanol–water partition coefficient (Wildman–Crippen LogP) is 3.07. The Balaban J connectivity index is 1.69. The molecule has 0 aromatic heterocycles. The first-order chi connectivity index (χ1) is 12.8. The van der Waals surface area contributed by atoms with Gasteiger partial charge in [0.1, 0.15) is 6.61 Å². The van der Waals surface area contributed by atoms with E-state index in [0.717, 1.165) is 16.7 Å². The summed E-state index contributed by atoms with van der Waals surface area (Å²) in [6, 6.07) is 14.4. The highest BCUT2D eigenvalue weighted by atomic mass is 32.2. The van der Waals surface area contributed by atoms with Gasteiger partial charge in [-0.25, -0.2) is 17.9 Å². The lowest BCUT2D eigenvalue weighted by atomic mass is 10.0. The van der Waals surface area contributed by atoms with E-state index < -0.39 is 16.1 Å². The summed E-state index contributed by atoms with van der Waals surface area (Å²) >= 11 is 0. The van der Waals surface area contributed by atoms with Gasteiger partial charge >= 0.3 is 6.09 Å². The van der Waals surface area contributed by atoms with Crippen molar-refractivity contribution in [1.29, 1.82) is 0 Å². The maximum absolute atomic E-state index is 12.4. The van der Waals surface area contributed by atoms with Crippen LogP contribution in [-0.4, -0.2) is 32.0 Å². The molecule has 1 aliphatic rings. The molecular formula is C20H24N2O4S. The molecule has 0 saturated carbocycles. The van der Waals surface area contributed by atoms with Gasteiger partial charge in [-0.1, -0.05) is 36.4 Å². The van der Waals surface area contributed by atoms with Gasteiger partial charge in [0.25, 0.3) is 0 Å². The molecule has 0 aliphatic carbocycles. The molecule has 1 N–H and O–H groups in total. The average Bonchev–Trinajstić information content (AvgIpc) is 2.65. The number of ether oxygens (including phenoxy) is 1. The van der Waals surface area contributed by atoms with E-state index in [2.05, 4.69) is 4.72 Å². The second-order valence-electron chi connectivity index (χ2n) is 6.92. The highest BCUT2D eigenvalue weighted by Crippen LogP contribution is 2.23. The molecule has 0 saturated heterocycles. The van der Waals surface area contributed by atoms with E-state index in [1.54, 1.807) is 30.9 Å². The van der Waals surface area contributed by atoms with E-state index in [0.29, 0.717) is 19.5 Å². The van der Waals surface area contributed by atoms with E-state index >= 15 is 0 Å². The number of hydrogen-bond acceptors (Lipinski definition) is 4. The van der Waals surface area contributed by atoms with Crippen LogP contribution < -0.4 is 4.72 Å². The van der Waals surface area contributed by atoms with Crippen molar-refractivity contribution in [2.24, 2.45) is 0 Å². The number of amides is 1. The molecule has 2 aromatic rings. The van der Waals surface area contributed by atoms with Crippen LogP contribution in [-0.2, 0) is 34.3 Å². The van der Waals surface area contributed by atoms with Crippen molar-refractivity contribution in [1.82, 2.24) is 9.62 Å². The predicted molar refractivity (Wildman–Crippen MR) is 103 cm³/mol. The number of benzene rings is 2. The maximum atomic E-state index is 12.4. The van der Waals surface area contributed by atoms with Crippen LogP contribution >= 0.6 is 0 Å². The first kappa shape index (κ1) is 19.4. The molecule has 1 aliphatic heterocycles. The summed E-state index contributed by atoms with van der Waals surface area (Å²) in [5.41, 5.74) is 2.83. The van der Waals surface area contributed by atoms with Gasteiger partial charge in [0.05, 0.1) is 4.90 Å². The fraction of sp³-hybridized carbons (Fsp3) is 0.350. The Morgan fingerprint density at radius 1 is 1.15 bits per heavy atom. The third kappa shape index (κ3) is 4.87. The molecule has 2 aromatic carbocycles. The summed E-state index contributed by atoms with van der Waals surface area (Å²) in [6.07, 6.45) is 0.284. The van der Waals surface area contributed by atoms with Gasteiger partial charge in [0.15, 0.2) is 0 Å². The maximum Gasteiger partial charge on any atom is 0.410 e. The highest BCUT2D eigenvalue weighted by Gasteiger charge is 2.24. The number of nitrogens with zero attached hydrogens (tertiary/aromatic N) is 1. The monoisotopic (exact) mass is 388 g/mol. The number of hydrogen-bond donors (Lipinski definition) is 1. The lowest BCUT2D eigenvalue weighted by molar-refractivity contribution is 0.0918. The van der Waals surface area contributed by atoms with E-state index in [1.807, 2.05) is 36.4 Å². The molecule has 3 rings (SSSR count). The lowest BCUT2D eigenvalue weighted by Gasteiger charge is -2.28. The lowest BCUT2D eigenvalue weighted by Crippen LogP contribution is -2.36. The zero-order valence-electron chi connectivity index (χ0n) is 15.5. The minimum Gasteiger partial charge on any atom is -0.445 e. The molecule has 7 heteroatoms. The van der Waals surface area contributed by atoms with Crippen LogP contribution in [0.1, 0.15) is 30.5 Å². The standard InChI is InChI=1S/C20H24N2O4S/c1-15(2)21-27(24,25)19-9-8-17-10-11-22(13-18(17)12-19)20(23)26-14-16-6-4-3-5-7-16/h3-9,12,15,21H,10-11,13-14H2,1-2H3. The third-order valence-corrected chi connectivity index (χ3v) is 6.01. The van der Waals surface area contributed by atoms with Gasteiger partial charge in [0, 0.05) is 19.1 Å². The van der Waals surface area contributed by atoms with Crippen molar-refractivity contribution in [2.45, 2.75) is 44.4 Å². The molecule has 144 valence electrons. The molecule has 1 heterocycles. The summed E-state index contributed by atoms with van der Waals surface area (Å²) in [7, 11) is -3.56. The Morgan fingerprint density at radius 3 is 2.59 bits per heavy atom. The van der Waals surface area contributed by atoms with Gasteiger partial charge in [-0.15, -0.1) is 0 Å². The molecule has 0 bridgehead atoms. The van der Waals surface area contributed by atoms with Crippen molar-refractivity contribution < 1.29 is 17.9 Å². The Hall–Kier alpha value is -2.38. The molecule has 0 radical (unpaired) electrons. The van der Waals surface area contributed by atoms with Gasteiger partial charge in [-0.3, -0.25) is 0 Å². The summed E-state index contributed by atoms with van der Waals surface area (Å²) in [5, 5.41) is 0. The third-order valence-electron chi connectivity index (χ3n) is 4.35. The first-order valence-electron chi connectivity index (χ1n) is 8.95. The summed E-state index contributed by atoms with van der Waals surface area (Å²) < 4.78 is 32.7. The zero-order chi connectivity index (χ0) is 19.4. The van der Waals surface area contributed by atoms with Crippen LogP contribution in [0.15, 0.2) is 53.4 Å². The minimum absolute atomic E-state index is 0.185. The Labute approximate surface area is 160 Å². The molecule has 27 heavy (non-hydrogen) atoms. The van der Waals surface area contributed by atoms with Gasteiger partial charge in [0.2, 0.25) is 10.0 Å². The quantitative estimate of drug-likeness (QED) is 0.854. The number of carbonyl (C=O) groups excluding carboxylic acids is 1. The zero-order valence-corrected chi connectivity index (χ0v) is 16.3. The number of nitrogens with one attached hydrogen (secondary N) is 1. The Bertz CT molecular complexity index is 911. The first-order valence-corrected chi connectivity index (χ1v) is 10.4. The van der Waals surface area contributed by atoms with Gasteiger partial charge in [-0.05, 0) is 49.1 Å². The largest absolute Gasteiger partial charge is 0.445 e. The molecule has 0 unspecified atom stereocenters. The van der Waals surface area contributed by atoms with E-state index in [-0.39, 0.29) is 17.5 Å². The molecule has 6 nitrogen and oxygen atoms in total. The Kier molecular flexibility index (Phi) is 5.82. The normalized spacial score (nSPS) is 14.1. The van der Waals surface area contributed by atoms with Crippen LogP contribution in [0.4, 0.5) is 4.79 Å². The van der Waals surface area contributed by atoms with Crippen LogP contribution in [0.3, 0.4) is 0 Å². The SMILES string of the molecule is CC(C)NS(=O)(=O)c1ccc2c(c1)CN(C(=O)OCc1ccccc1)CC2. The topological polar surface area (TPSA) is 75.7 Å². The van der Waals surface area contributed by atoms with Crippen molar-refractivity contribution in [3.8, 4) is 0 Å². The molecular weight excluding hydrogens is 364 g/mol. The van der Waals surface area contributed by atoms with E-state index in [4.69, 9.17) is 4.74 Å². The van der Waals surface area contributed by atoms with E-state index in [1.165, 1.54) is 0 Å². The summed E-state index contributed by atoms with van der Waals surface area (Å²) in [6.45, 7) is 4.67. The number of rotatable bonds is 5. The van der Waals surface area contributed by atoms with Crippen LogP contribution in [0, 0.1) is 0 Å². The van der Waals surface area contributed by atoms with Crippen molar-refractivity contribution in [3.63, 3.8) is 0 Å². The van der Waals surface area contributed by atoms with Gasteiger partial charge in [-0.2, -0.15) is 0 Å². The number of sulfonamides is 1. The summed E-state index contributed by atoms with van der Waals surface area (Å²) in [5.74, 6) is 0. The second-order valence-corrected chi connectivity index (χ2v) is 8.63. The van der Waals surface area contributed by atoms with Crippen LogP contribution in [0.2, 0.25) is 0 Å². The van der Waals surface area contributed by atoms with Crippen molar-refractivity contribution in [3.05, 3.63) is 65.2 Å². The van der Waals surface area contributed by atoms with Crippen LogP contribution in [0.25, 0.3) is 0 Å². The number of carbonyl (C=O) groups is 1. The fourth-order valence-corrected chi connectivity index (χ4v) is 4.35. The Morgan fingerprint density at radius 2 is 1.89 bits per heavy atom. The summed E-state index contributed by atoms with van der Waals surface area (Å²) in [4.78, 5) is 14.2. The molecule has 0 spiro atoms.